The molecule has 6 heteroatoms. The molecule has 2 aliphatic heterocycles. The highest BCUT2D eigenvalue weighted by Gasteiger charge is 2.50. The smallest absolute Gasteiger partial charge is 0.233 e. The Morgan fingerprint density at radius 1 is 1.04 bits per heavy atom. The van der Waals surface area contributed by atoms with Gasteiger partial charge in [0.15, 0.2) is 0 Å². The molecule has 1 unspecified atom stereocenters. The number of carbonyl (C=O) groups is 2. The SMILES string of the molecule is CO[C@@H]1CCN(C(=O)CC2(C(=O)N3CC[C@@H](OC)C3)CCc3ccccc32)C1. The van der Waals surface area contributed by atoms with Crippen LogP contribution in [0.1, 0.15) is 36.8 Å². The van der Waals surface area contributed by atoms with Crippen LogP contribution >= 0.6 is 0 Å². The Bertz CT molecular complexity index is 752. The van der Waals surface area contributed by atoms with Crippen LogP contribution in [0.25, 0.3) is 0 Å². The van der Waals surface area contributed by atoms with Gasteiger partial charge >= 0.3 is 0 Å². The van der Waals surface area contributed by atoms with Crippen molar-refractivity contribution >= 4 is 11.8 Å². The van der Waals surface area contributed by atoms with Crippen molar-refractivity contribution in [3.63, 3.8) is 0 Å². The van der Waals surface area contributed by atoms with Gasteiger partial charge in [-0.05, 0) is 36.8 Å². The number of hydrogen-bond acceptors (Lipinski definition) is 4. The van der Waals surface area contributed by atoms with Gasteiger partial charge in [0.1, 0.15) is 0 Å². The first-order valence-corrected chi connectivity index (χ1v) is 10.3. The van der Waals surface area contributed by atoms with Crippen LogP contribution in [0.2, 0.25) is 0 Å². The molecule has 3 atom stereocenters. The van der Waals surface area contributed by atoms with Gasteiger partial charge in [0, 0.05) is 46.8 Å². The monoisotopic (exact) mass is 386 g/mol. The van der Waals surface area contributed by atoms with Gasteiger partial charge in [-0.3, -0.25) is 9.59 Å². The minimum absolute atomic E-state index is 0.0621. The van der Waals surface area contributed by atoms with Crippen molar-refractivity contribution in [1.29, 1.82) is 0 Å². The molecule has 3 aliphatic rings. The van der Waals surface area contributed by atoms with E-state index in [1.54, 1.807) is 14.2 Å². The number of benzene rings is 1. The normalized spacial score (nSPS) is 29.4. The number of hydrogen-bond donors (Lipinski definition) is 0. The molecule has 152 valence electrons. The van der Waals surface area contributed by atoms with Crippen molar-refractivity contribution < 1.29 is 19.1 Å². The Morgan fingerprint density at radius 2 is 1.68 bits per heavy atom. The molecule has 2 fully saturated rings. The second-order valence-electron chi connectivity index (χ2n) is 8.30. The Morgan fingerprint density at radius 3 is 2.36 bits per heavy atom. The van der Waals surface area contributed by atoms with E-state index in [9.17, 15) is 9.59 Å². The maximum absolute atomic E-state index is 13.7. The van der Waals surface area contributed by atoms with Crippen LogP contribution in [0.5, 0.6) is 0 Å². The van der Waals surface area contributed by atoms with E-state index < -0.39 is 5.41 Å². The lowest BCUT2D eigenvalue weighted by Gasteiger charge is -2.34. The zero-order valence-corrected chi connectivity index (χ0v) is 16.9. The predicted octanol–water partition coefficient (Wildman–Crippen LogP) is 1.76. The minimum atomic E-state index is -0.749. The summed E-state index contributed by atoms with van der Waals surface area (Å²) in [5.74, 6) is 0.153. The molecule has 28 heavy (non-hydrogen) atoms. The van der Waals surface area contributed by atoms with E-state index in [0.29, 0.717) is 32.6 Å². The highest BCUT2D eigenvalue weighted by atomic mass is 16.5. The van der Waals surface area contributed by atoms with Crippen molar-refractivity contribution in [1.82, 2.24) is 9.80 Å². The van der Waals surface area contributed by atoms with Crippen LogP contribution in [-0.4, -0.2) is 74.2 Å². The van der Waals surface area contributed by atoms with Gasteiger partial charge < -0.3 is 19.3 Å². The molecule has 2 saturated heterocycles. The van der Waals surface area contributed by atoms with Crippen molar-refractivity contribution in [3.8, 4) is 0 Å². The van der Waals surface area contributed by atoms with E-state index in [0.717, 1.165) is 24.8 Å². The standard InChI is InChI=1S/C22H30N2O4/c1-27-17-8-11-23(14-17)20(25)13-22(10-7-16-5-3-4-6-19(16)22)21(26)24-12-9-18(15-24)28-2/h3-6,17-18H,7-15H2,1-2H3/t17-,18-,22?/m1/s1. The molecule has 6 nitrogen and oxygen atoms in total. The number of likely N-dealkylation sites (tertiary alicyclic amines) is 2. The molecule has 2 amide bonds. The van der Waals surface area contributed by atoms with Crippen LogP contribution < -0.4 is 0 Å². The number of methoxy groups -OCH3 is 2. The average molecular weight is 386 g/mol. The Balaban J connectivity index is 1.60. The zero-order valence-electron chi connectivity index (χ0n) is 16.9. The largest absolute Gasteiger partial charge is 0.380 e. The van der Waals surface area contributed by atoms with Crippen molar-refractivity contribution in [3.05, 3.63) is 35.4 Å². The third-order valence-corrected chi connectivity index (χ3v) is 6.81. The van der Waals surface area contributed by atoms with Crippen LogP contribution in [0.15, 0.2) is 24.3 Å². The number of rotatable bonds is 5. The van der Waals surface area contributed by atoms with Gasteiger partial charge in [0.05, 0.1) is 17.6 Å². The quantitative estimate of drug-likeness (QED) is 0.774. The number of fused-ring (bicyclic) bond motifs is 1. The number of carbonyl (C=O) groups excluding carboxylic acids is 2. The fourth-order valence-electron chi connectivity index (χ4n) is 5.09. The Labute approximate surface area is 166 Å². The molecule has 0 aromatic heterocycles. The summed E-state index contributed by atoms with van der Waals surface area (Å²) in [4.78, 5) is 30.7. The molecule has 0 N–H and O–H groups in total. The molecule has 0 saturated carbocycles. The van der Waals surface area contributed by atoms with E-state index in [4.69, 9.17) is 9.47 Å². The first kappa shape index (κ1) is 19.4. The molecule has 1 aromatic carbocycles. The van der Waals surface area contributed by atoms with E-state index >= 15 is 0 Å². The highest BCUT2D eigenvalue weighted by molar-refractivity contribution is 5.95. The van der Waals surface area contributed by atoms with Crippen LogP contribution in [0.3, 0.4) is 0 Å². The third-order valence-electron chi connectivity index (χ3n) is 6.81. The lowest BCUT2D eigenvalue weighted by atomic mass is 9.77. The van der Waals surface area contributed by atoms with Gasteiger partial charge in [-0.15, -0.1) is 0 Å². The van der Waals surface area contributed by atoms with Crippen LogP contribution in [0.4, 0.5) is 0 Å². The van der Waals surface area contributed by atoms with Gasteiger partial charge in [0.25, 0.3) is 0 Å². The summed E-state index contributed by atoms with van der Waals surface area (Å²) in [7, 11) is 3.39. The molecule has 1 aromatic rings. The van der Waals surface area contributed by atoms with E-state index in [-0.39, 0.29) is 30.4 Å². The van der Waals surface area contributed by atoms with Crippen molar-refractivity contribution in [2.45, 2.75) is 49.7 Å². The average Bonchev–Trinajstić information content (AvgIpc) is 3.46. The minimum Gasteiger partial charge on any atom is -0.380 e. The predicted molar refractivity (Wildman–Crippen MR) is 105 cm³/mol. The second kappa shape index (κ2) is 7.84. The van der Waals surface area contributed by atoms with Gasteiger partial charge in [-0.1, -0.05) is 24.3 Å². The Kier molecular flexibility index (Phi) is 5.43. The molecular weight excluding hydrogens is 356 g/mol. The van der Waals surface area contributed by atoms with E-state index in [1.807, 2.05) is 28.0 Å². The summed E-state index contributed by atoms with van der Waals surface area (Å²) in [6.07, 6.45) is 3.70. The first-order valence-electron chi connectivity index (χ1n) is 10.3. The summed E-state index contributed by atoms with van der Waals surface area (Å²) in [6, 6.07) is 8.13. The molecule has 0 bridgehead atoms. The van der Waals surface area contributed by atoms with Crippen molar-refractivity contribution in [2.24, 2.45) is 0 Å². The van der Waals surface area contributed by atoms with E-state index in [1.165, 1.54) is 5.56 Å². The number of ether oxygens (including phenoxy) is 2. The molecule has 0 spiro atoms. The topological polar surface area (TPSA) is 59.1 Å². The van der Waals surface area contributed by atoms with E-state index in [2.05, 4.69) is 6.07 Å². The fourth-order valence-corrected chi connectivity index (χ4v) is 5.09. The summed E-state index contributed by atoms with van der Waals surface area (Å²) in [6.45, 7) is 2.64. The fraction of sp³-hybridized carbons (Fsp3) is 0.636. The molecule has 4 rings (SSSR count). The summed E-state index contributed by atoms with van der Waals surface area (Å²) >= 11 is 0. The summed E-state index contributed by atoms with van der Waals surface area (Å²) < 4.78 is 10.9. The number of amides is 2. The van der Waals surface area contributed by atoms with Crippen LogP contribution in [-0.2, 0) is 30.9 Å². The van der Waals surface area contributed by atoms with Gasteiger partial charge in [0.2, 0.25) is 11.8 Å². The Hall–Kier alpha value is -1.92. The van der Waals surface area contributed by atoms with Crippen molar-refractivity contribution in [2.75, 3.05) is 40.4 Å². The van der Waals surface area contributed by atoms with Gasteiger partial charge in [-0.25, -0.2) is 0 Å². The number of nitrogens with zero attached hydrogens (tertiary/aromatic N) is 2. The zero-order chi connectivity index (χ0) is 19.7. The maximum atomic E-state index is 13.7. The molecule has 0 radical (unpaired) electrons. The van der Waals surface area contributed by atoms with Gasteiger partial charge in [-0.2, -0.15) is 0 Å². The number of aryl methyl sites for hydroxylation is 1. The lowest BCUT2D eigenvalue weighted by Crippen LogP contribution is -2.48. The van der Waals surface area contributed by atoms with Crippen LogP contribution in [0, 0.1) is 0 Å². The molecular formula is C22H30N2O4. The third kappa shape index (κ3) is 3.33. The molecule has 2 heterocycles. The molecule has 1 aliphatic carbocycles. The highest BCUT2D eigenvalue weighted by Crippen LogP contribution is 2.44. The first-order chi connectivity index (χ1) is 13.6. The lowest BCUT2D eigenvalue weighted by molar-refractivity contribution is -0.142. The second-order valence-corrected chi connectivity index (χ2v) is 8.30. The summed E-state index contributed by atoms with van der Waals surface area (Å²) in [5.41, 5.74) is 1.49. The maximum Gasteiger partial charge on any atom is 0.233 e. The summed E-state index contributed by atoms with van der Waals surface area (Å²) in [5, 5.41) is 0.